The summed E-state index contributed by atoms with van der Waals surface area (Å²) in [4.78, 5) is 30.7. The molecule has 32 heavy (non-hydrogen) atoms. The van der Waals surface area contributed by atoms with Crippen LogP contribution in [0.1, 0.15) is 77.6 Å². The average Bonchev–Trinajstić information content (AvgIpc) is 2.74. The van der Waals surface area contributed by atoms with Gasteiger partial charge in [0.1, 0.15) is 18.1 Å². The molecule has 0 heterocycles. The molecule has 0 spiro atoms. The molecule has 190 valence electrons. The molecule has 0 aliphatic heterocycles. The smallest absolute Gasteiger partial charge is 0.320 e. The van der Waals surface area contributed by atoms with Gasteiger partial charge < -0.3 is 43.4 Å². The normalized spacial score (nSPS) is 20.4. The van der Waals surface area contributed by atoms with E-state index in [0.717, 1.165) is 51.4 Å². The molecule has 0 radical (unpaired) electrons. The lowest BCUT2D eigenvalue weighted by molar-refractivity contribution is -0.139. The highest BCUT2D eigenvalue weighted by Gasteiger charge is 2.23. The van der Waals surface area contributed by atoms with Crippen LogP contribution in [0.5, 0.6) is 0 Å². The second-order valence-corrected chi connectivity index (χ2v) is 8.17. The second-order valence-electron chi connectivity index (χ2n) is 8.17. The van der Waals surface area contributed by atoms with Gasteiger partial charge in [0, 0.05) is 0 Å². The molecule has 0 bridgehead atoms. The third-order valence-electron chi connectivity index (χ3n) is 5.19. The fourth-order valence-electron chi connectivity index (χ4n) is 3.02. The van der Waals surface area contributed by atoms with Crippen molar-refractivity contribution in [3.8, 4) is 0 Å². The maximum absolute atomic E-state index is 10.5. The van der Waals surface area contributed by atoms with Gasteiger partial charge >= 0.3 is 17.9 Å². The summed E-state index contributed by atoms with van der Waals surface area (Å²) in [7, 11) is 0. The summed E-state index contributed by atoms with van der Waals surface area (Å²) < 4.78 is 0. The highest BCUT2D eigenvalue weighted by molar-refractivity contribution is 5.73. The standard InChI is InChI=1S/C9H17NO3.C6H14N2O2.C6H13NO2/c10-8(9(12)13)5-6-1-3-7(11)4-2-6;7-4-2-1-3-5(8)6(9)10;1-2-3-4-5(7)6(8)9/h6-8,11H,1-5,10H2,(H,12,13);5H,1-4,7-8H2,(H,9,10);5H,2-4,7H2,1H3,(H,8,9). The van der Waals surface area contributed by atoms with Crippen molar-refractivity contribution in [2.75, 3.05) is 6.54 Å². The molecule has 12 N–H and O–H groups in total. The van der Waals surface area contributed by atoms with E-state index in [-0.39, 0.29) is 6.10 Å². The van der Waals surface area contributed by atoms with Crippen LogP contribution in [0.15, 0.2) is 0 Å². The number of rotatable bonds is 12. The minimum absolute atomic E-state index is 0.183. The number of aliphatic hydroxyl groups is 1. The van der Waals surface area contributed by atoms with Gasteiger partial charge in [0.15, 0.2) is 0 Å². The predicted molar refractivity (Wildman–Crippen MR) is 122 cm³/mol. The molecule has 0 saturated heterocycles. The fourth-order valence-corrected chi connectivity index (χ4v) is 3.02. The van der Waals surface area contributed by atoms with Crippen molar-refractivity contribution in [1.82, 2.24) is 0 Å². The van der Waals surface area contributed by atoms with Crippen molar-refractivity contribution in [2.45, 2.75) is 102 Å². The van der Waals surface area contributed by atoms with Crippen molar-refractivity contribution < 1.29 is 34.8 Å². The fraction of sp³-hybridized carbons (Fsp3) is 0.857. The van der Waals surface area contributed by atoms with Crippen LogP contribution in [0, 0.1) is 5.92 Å². The zero-order valence-electron chi connectivity index (χ0n) is 19.2. The van der Waals surface area contributed by atoms with Crippen LogP contribution < -0.4 is 22.9 Å². The van der Waals surface area contributed by atoms with Gasteiger partial charge in [-0.2, -0.15) is 0 Å². The molecule has 0 aromatic heterocycles. The number of nitrogens with two attached hydrogens (primary N) is 4. The summed E-state index contributed by atoms with van der Waals surface area (Å²) in [6.45, 7) is 2.61. The van der Waals surface area contributed by atoms with Crippen molar-refractivity contribution in [3.05, 3.63) is 0 Å². The minimum atomic E-state index is -0.933. The monoisotopic (exact) mass is 464 g/mol. The Hall–Kier alpha value is -1.79. The van der Waals surface area contributed by atoms with Crippen LogP contribution in [-0.4, -0.2) is 69.1 Å². The molecule has 0 aromatic rings. The zero-order valence-corrected chi connectivity index (χ0v) is 19.2. The third-order valence-corrected chi connectivity index (χ3v) is 5.19. The maximum Gasteiger partial charge on any atom is 0.320 e. The Morgan fingerprint density at radius 2 is 1.22 bits per heavy atom. The molecule has 11 heteroatoms. The van der Waals surface area contributed by atoms with Crippen LogP contribution in [0.3, 0.4) is 0 Å². The van der Waals surface area contributed by atoms with Gasteiger partial charge in [-0.3, -0.25) is 14.4 Å². The van der Waals surface area contributed by atoms with Gasteiger partial charge in [-0.1, -0.05) is 26.2 Å². The molecule has 1 rings (SSSR count). The molecule has 1 saturated carbocycles. The van der Waals surface area contributed by atoms with Gasteiger partial charge in [-0.15, -0.1) is 0 Å². The molecule has 0 amide bonds. The van der Waals surface area contributed by atoms with E-state index in [1.165, 1.54) is 0 Å². The first-order chi connectivity index (χ1) is 15.0. The van der Waals surface area contributed by atoms with E-state index < -0.39 is 36.0 Å². The van der Waals surface area contributed by atoms with Crippen molar-refractivity contribution in [1.29, 1.82) is 0 Å². The first kappa shape index (κ1) is 32.4. The van der Waals surface area contributed by atoms with Gasteiger partial charge in [-0.25, -0.2) is 0 Å². The molecule has 3 atom stereocenters. The van der Waals surface area contributed by atoms with Gasteiger partial charge in [0.25, 0.3) is 0 Å². The quantitative estimate of drug-likeness (QED) is 0.184. The molecular weight excluding hydrogens is 420 g/mol. The molecule has 3 unspecified atom stereocenters. The van der Waals surface area contributed by atoms with Crippen LogP contribution in [0.25, 0.3) is 0 Å². The summed E-state index contributed by atoms with van der Waals surface area (Å²) in [5.41, 5.74) is 21.0. The van der Waals surface area contributed by atoms with E-state index in [1.54, 1.807) is 0 Å². The first-order valence-electron chi connectivity index (χ1n) is 11.3. The van der Waals surface area contributed by atoms with E-state index in [0.29, 0.717) is 31.7 Å². The average molecular weight is 465 g/mol. The van der Waals surface area contributed by atoms with Gasteiger partial charge in [0.05, 0.1) is 6.10 Å². The Morgan fingerprint density at radius 3 is 1.59 bits per heavy atom. The van der Waals surface area contributed by atoms with E-state index in [2.05, 4.69) is 0 Å². The molecule has 1 aliphatic carbocycles. The van der Waals surface area contributed by atoms with Crippen LogP contribution in [0.4, 0.5) is 0 Å². The van der Waals surface area contributed by atoms with Gasteiger partial charge in [-0.05, 0) is 63.8 Å². The molecule has 1 fully saturated rings. The van der Waals surface area contributed by atoms with E-state index in [1.807, 2.05) is 6.92 Å². The Kier molecular flexibility index (Phi) is 20.1. The second kappa shape index (κ2) is 19.9. The SMILES string of the molecule is CCCCC(N)C(=O)O.NC(CC1CCC(O)CC1)C(=O)O.NCCCCC(N)C(=O)O. The Labute approximate surface area is 190 Å². The number of hydrogen-bond donors (Lipinski definition) is 8. The summed E-state index contributed by atoms with van der Waals surface area (Å²) in [5, 5.41) is 34.4. The molecule has 1 aliphatic rings. The van der Waals surface area contributed by atoms with Gasteiger partial charge in [0.2, 0.25) is 0 Å². The third kappa shape index (κ3) is 18.9. The highest BCUT2D eigenvalue weighted by Crippen LogP contribution is 2.27. The summed E-state index contributed by atoms with van der Waals surface area (Å²) in [6.07, 6.45) is 8.40. The predicted octanol–water partition coefficient (Wildman–Crippen LogP) is 0.455. The van der Waals surface area contributed by atoms with Crippen LogP contribution >= 0.6 is 0 Å². The lowest BCUT2D eigenvalue weighted by Crippen LogP contribution is -2.33. The van der Waals surface area contributed by atoms with E-state index in [9.17, 15) is 19.5 Å². The van der Waals surface area contributed by atoms with Crippen molar-refractivity contribution in [3.63, 3.8) is 0 Å². The number of carboxylic acids is 3. The number of unbranched alkanes of at least 4 members (excludes halogenated alkanes) is 2. The Morgan fingerprint density at radius 1 is 0.781 bits per heavy atom. The highest BCUT2D eigenvalue weighted by atomic mass is 16.4. The lowest BCUT2D eigenvalue weighted by atomic mass is 9.83. The number of carbonyl (C=O) groups is 3. The lowest BCUT2D eigenvalue weighted by Gasteiger charge is -2.26. The van der Waals surface area contributed by atoms with Crippen LogP contribution in [0.2, 0.25) is 0 Å². The summed E-state index contributed by atoms with van der Waals surface area (Å²) in [5.74, 6) is -2.37. The molecular formula is C21H44N4O7. The zero-order chi connectivity index (χ0) is 25.1. The number of aliphatic hydroxyl groups excluding tert-OH is 1. The number of carboxylic acid groups (broad SMARTS) is 3. The van der Waals surface area contributed by atoms with E-state index >= 15 is 0 Å². The first-order valence-corrected chi connectivity index (χ1v) is 11.3. The number of aliphatic carboxylic acids is 3. The van der Waals surface area contributed by atoms with Crippen molar-refractivity contribution >= 4 is 17.9 Å². The number of hydrogen-bond acceptors (Lipinski definition) is 8. The topological polar surface area (TPSA) is 236 Å². The minimum Gasteiger partial charge on any atom is -0.480 e. The van der Waals surface area contributed by atoms with Crippen LogP contribution in [-0.2, 0) is 14.4 Å². The van der Waals surface area contributed by atoms with E-state index in [4.69, 9.17) is 38.3 Å². The summed E-state index contributed by atoms with van der Waals surface area (Å²) >= 11 is 0. The summed E-state index contributed by atoms with van der Waals surface area (Å²) in [6, 6.07) is -2.11. The molecule has 11 nitrogen and oxygen atoms in total. The maximum atomic E-state index is 10.5. The Balaban J connectivity index is 0. The Bertz CT molecular complexity index is 514. The van der Waals surface area contributed by atoms with Crippen molar-refractivity contribution in [2.24, 2.45) is 28.9 Å². The largest absolute Gasteiger partial charge is 0.480 e. The molecule has 0 aromatic carbocycles.